The number of phenolic OH excluding ortho intramolecular Hbond substituents is 1. The van der Waals surface area contributed by atoms with Crippen molar-refractivity contribution in [2.45, 2.75) is 6.54 Å². The van der Waals surface area contributed by atoms with Gasteiger partial charge in [0.1, 0.15) is 0 Å². The maximum absolute atomic E-state index is 12.3. The van der Waals surface area contributed by atoms with Gasteiger partial charge in [0.25, 0.3) is 11.6 Å². The summed E-state index contributed by atoms with van der Waals surface area (Å²) in [5.74, 6) is 0.0277. The standard InChI is InChI=1S/C18H16N4O5/c1-27-17-8-12(2-7-16(17)23)9-19-18(24)13-10-20-21(11-13)14-3-5-15(6-4-14)22(25)26/h2-8,10-11,23H,9H2,1H3,(H,19,24). The van der Waals surface area contributed by atoms with Crippen LogP contribution in [-0.4, -0.2) is 32.8 Å². The molecule has 0 unspecified atom stereocenters. The number of hydrogen-bond donors (Lipinski definition) is 2. The minimum Gasteiger partial charge on any atom is -0.504 e. The molecule has 0 aliphatic heterocycles. The third-order valence-corrected chi connectivity index (χ3v) is 3.87. The number of nitrogens with zero attached hydrogens (tertiary/aromatic N) is 3. The highest BCUT2D eigenvalue weighted by Gasteiger charge is 2.11. The van der Waals surface area contributed by atoms with E-state index in [1.54, 1.807) is 24.3 Å². The van der Waals surface area contributed by atoms with Crippen LogP contribution < -0.4 is 10.1 Å². The first-order valence-corrected chi connectivity index (χ1v) is 7.91. The van der Waals surface area contributed by atoms with Crippen molar-refractivity contribution in [3.63, 3.8) is 0 Å². The molecule has 2 aromatic carbocycles. The van der Waals surface area contributed by atoms with Crippen LogP contribution >= 0.6 is 0 Å². The Morgan fingerprint density at radius 2 is 2.04 bits per heavy atom. The van der Waals surface area contributed by atoms with Crippen molar-refractivity contribution >= 4 is 11.6 Å². The van der Waals surface area contributed by atoms with Crippen LogP contribution in [0.1, 0.15) is 15.9 Å². The normalized spacial score (nSPS) is 10.4. The number of nitro benzene ring substituents is 1. The van der Waals surface area contributed by atoms with E-state index in [4.69, 9.17) is 4.74 Å². The first-order valence-electron chi connectivity index (χ1n) is 7.91. The summed E-state index contributed by atoms with van der Waals surface area (Å²) in [7, 11) is 1.45. The number of carbonyl (C=O) groups excluding carboxylic acids is 1. The van der Waals surface area contributed by atoms with E-state index in [-0.39, 0.29) is 23.9 Å². The number of amides is 1. The number of carbonyl (C=O) groups is 1. The molecule has 2 N–H and O–H groups in total. The average molecular weight is 368 g/mol. The molecule has 138 valence electrons. The topological polar surface area (TPSA) is 120 Å². The Balaban J connectivity index is 1.67. The highest BCUT2D eigenvalue weighted by atomic mass is 16.6. The molecule has 1 amide bonds. The van der Waals surface area contributed by atoms with Gasteiger partial charge >= 0.3 is 0 Å². The molecular formula is C18H16N4O5. The number of methoxy groups -OCH3 is 1. The van der Waals surface area contributed by atoms with Gasteiger partial charge < -0.3 is 15.2 Å². The predicted octanol–water partition coefficient (Wildman–Crippen LogP) is 2.42. The molecule has 3 rings (SSSR count). The Morgan fingerprint density at radius 1 is 1.30 bits per heavy atom. The maximum Gasteiger partial charge on any atom is 0.269 e. The van der Waals surface area contributed by atoms with Crippen molar-refractivity contribution in [3.05, 3.63) is 76.1 Å². The fourth-order valence-corrected chi connectivity index (χ4v) is 2.42. The Kier molecular flexibility index (Phi) is 5.02. The third kappa shape index (κ3) is 4.03. The fraction of sp³-hybridized carbons (Fsp3) is 0.111. The van der Waals surface area contributed by atoms with Gasteiger partial charge in [-0.15, -0.1) is 0 Å². The number of benzene rings is 2. The summed E-state index contributed by atoms with van der Waals surface area (Å²) in [6.07, 6.45) is 2.95. The summed E-state index contributed by atoms with van der Waals surface area (Å²) >= 11 is 0. The second-order valence-corrected chi connectivity index (χ2v) is 5.64. The zero-order valence-electron chi connectivity index (χ0n) is 14.3. The number of hydrogen-bond acceptors (Lipinski definition) is 6. The van der Waals surface area contributed by atoms with Crippen LogP contribution in [0.25, 0.3) is 5.69 Å². The van der Waals surface area contributed by atoms with E-state index < -0.39 is 4.92 Å². The number of nitro groups is 1. The van der Waals surface area contributed by atoms with Crippen LogP contribution in [0.2, 0.25) is 0 Å². The number of nitrogens with one attached hydrogen (secondary N) is 1. The molecule has 0 saturated heterocycles. The van der Waals surface area contributed by atoms with E-state index >= 15 is 0 Å². The van der Waals surface area contributed by atoms with Crippen molar-refractivity contribution in [2.75, 3.05) is 7.11 Å². The van der Waals surface area contributed by atoms with Crippen molar-refractivity contribution in [1.82, 2.24) is 15.1 Å². The van der Waals surface area contributed by atoms with Crippen LogP contribution in [0.4, 0.5) is 5.69 Å². The lowest BCUT2D eigenvalue weighted by Crippen LogP contribution is -2.22. The van der Waals surface area contributed by atoms with Crippen molar-refractivity contribution in [1.29, 1.82) is 0 Å². The Bertz CT molecular complexity index is 982. The minimum atomic E-state index is -0.482. The minimum absolute atomic E-state index is 0.0202. The Hall–Kier alpha value is -3.88. The molecule has 27 heavy (non-hydrogen) atoms. The first-order chi connectivity index (χ1) is 13.0. The van der Waals surface area contributed by atoms with Crippen molar-refractivity contribution in [2.24, 2.45) is 0 Å². The van der Waals surface area contributed by atoms with Crippen LogP contribution in [0.5, 0.6) is 11.5 Å². The SMILES string of the molecule is COc1cc(CNC(=O)c2cnn(-c3ccc([N+](=O)[O-])cc3)c2)ccc1O. The molecule has 9 heteroatoms. The van der Waals surface area contributed by atoms with E-state index in [1.165, 1.54) is 42.4 Å². The van der Waals surface area contributed by atoms with E-state index in [1.807, 2.05) is 0 Å². The number of rotatable bonds is 6. The zero-order valence-corrected chi connectivity index (χ0v) is 14.3. The van der Waals surface area contributed by atoms with Crippen molar-refractivity contribution < 1.29 is 19.6 Å². The first kappa shape index (κ1) is 17.9. The number of phenols is 1. The molecule has 0 radical (unpaired) electrons. The largest absolute Gasteiger partial charge is 0.504 e. The number of aromatic hydroxyl groups is 1. The van der Waals surface area contributed by atoms with Crippen LogP contribution in [0, 0.1) is 10.1 Å². The van der Waals surface area contributed by atoms with Gasteiger partial charge in [0.15, 0.2) is 11.5 Å². The monoisotopic (exact) mass is 368 g/mol. The Labute approximate surface area is 154 Å². The number of non-ortho nitro benzene ring substituents is 1. The van der Waals surface area contributed by atoms with Gasteiger partial charge in [-0.05, 0) is 29.8 Å². The second kappa shape index (κ2) is 7.56. The van der Waals surface area contributed by atoms with Crippen LogP contribution in [-0.2, 0) is 6.54 Å². The summed E-state index contributed by atoms with van der Waals surface area (Å²) in [5, 5.41) is 27.2. The average Bonchev–Trinajstić information content (AvgIpc) is 3.17. The van der Waals surface area contributed by atoms with E-state index in [2.05, 4.69) is 10.4 Å². The maximum atomic E-state index is 12.3. The van der Waals surface area contributed by atoms with Gasteiger partial charge in [-0.3, -0.25) is 14.9 Å². The summed E-state index contributed by atoms with van der Waals surface area (Å²) in [4.78, 5) is 22.5. The molecule has 9 nitrogen and oxygen atoms in total. The highest BCUT2D eigenvalue weighted by Crippen LogP contribution is 2.26. The van der Waals surface area contributed by atoms with Crippen molar-refractivity contribution in [3.8, 4) is 17.2 Å². The van der Waals surface area contributed by atoms with Gasteiger partial charge in [-0.1, -0.05) is 6.07 Å². The molecule has 1 heterocycles. The third-order valence-electron chi connectivity index (χ3n) is 3.87. The molecule has 0 spiro atoms. The van der Waals surface area contributed by atoms with Gasteiger partial charge in [-0.25, -0.2) is 4.68 Å². The fourth-order valence-electron chi connectivity index (χ4n) is 2.42. The van der Waals surface area contributed by atoms with E-state index in [9.17, 15) is 20.0 Å². The molecular weight excluding hydrogens is 352 g/mol. The molecule has 3 aromatic rings. The molecule has 1 aromatic heterocycles. The number of aromatic nitrogens is 2. The summed E-state index contributed by atoms with van der Waals surface area (Å²) in [6.45, 7) is 0.248. The quantitative estimate of drug-likeness (QED) is 0.509. The molecule has 0 fully saturated rings. The smallest absolute Gasteiger partial charge is 0.269 e. The lowest BCUT2D eigenvalue weighted by Gasteiger charge is -2.07. The summed E-state index contributed by atoms with van der Waals surface area (Å²) in [6, 6.07) is 10.6. The van der Waals surface area contributed by atoms with E-state index in [0.717, 1.165) is 5.56 Å². The van der Waals surface area contributed by atoms with Gasteiger partial charge in [0.2, 0.25) is 0 Å². The van der Waals surface area contributed by atoms with Crippen LogP contribution in [0.15, 0.2) is 54.9 Å². The molecule has 0 aliphatic rings. The highest BCUT2D eigenvalue weighted by molar-refractivity contribution is 5.93. The summed E-state index contributed by atoms with van der Waals surface area (Å²) < 4.78 is 6.49. The zero-order chi connectivity index (χ0) is 19.4. The van der Waals surface area contributed by atoms with E-state index in [0.29, 0.717) is 17.0 Å². The van der Waals surface area contributed by atoms with Crippen LogP contribution in [0.3, 0.4) is 0 Å². The molecule has 0 aliphatic carbocycles. The number of ether oxygens (including phenoxy) is 1. The molecule has 0 atom stereocenters. The summed E-state index contributed by atoms with van der Waals surface area (Å²) in [5.41, 5.74) is 1.69. The van der Waals surface area contributed by atoms with Gasteiger partial charge in [-0.2, -0.15) is 5.10 Å². The van der Waals surface area contributed by atoms with Gasteiger partial charge in [0.05, 0.1) is 29.5 Å². The Morgan fingerprint density at radius 3 is 2.70 bits per heavy atom. The van der Waals surface area contributed by atoms with Gasteiger partial charge in [0, 0.05) is 24.9 Å². The second-order valence-electron chi connectivity index (χ2n) is 5.64. The lowest BCUT2D eigenvalue weighted by atomic mass is 10.2. The molecule has 0 bridgehead atoms. The lowest BCUT2D eigenvalue weighted by molar-refractivity contribution is -0.384. The molecule has 0 saturated carbocycles. The predicted molar refractivity (Wildman–Crippen MR) is 96.0 cm³/mol.